The Kier molecular flexibility index (Phi) is 7.75. The van der Waals surface area contributed by atoms with Crippen LogP contribution in [0.1, 0.15) is 37.2 Å². The Morgan fingerprint density at radius 3 is 2.67 bits per heavy atom. The lowest BCUT2D eigenvalue weighted by Crippen LogP contribution is -2.59. The second-order valence-electron chi connectivity index (χ2n) is 7.49. The van der Waals surface area contributed by atoms with Gasteiger partial charge in [-0.25, -0.2) is 4.57 Å². The molecule has 2 aliphatic heterocycles. The van der Waals surface area contributed by atoms with Gasteiger partial charge in [0.2, 0.25) is 5.91 Å². The molecule has 0 radical (unpaired) electrons. The van der Waals surface area contributed by atoms with E-state index in [-0.39, 0.29) is 18.2 Å². The number of likely N-dealkylation sites (tertiary alicyclic amines) is 1. The molecular formula is C18H33N2O8PS. The number of aliphatic hydroxyl groups is 2. The molecule has 12 heteroatoms. The van der Waals surface area contributed by atoms with Crippen molar-refractivity contribution in [2.24, 2.45) is 5.92 Å². The molecule has 0 spiro atoms. The summed E-state index contributed by atoms with van der Waals surface area (Å²) < 4.78 is 45.0. The van der Waals surface area contributed by atoms with Crippen LogP contribution in [0.25, 0.3) is 0 Å². The van der Waals surface area contributed by atoms with E-state index in [0.29, 0.717) is 6.42 Å². The van der Waals surface area contributed by atoms with Crippen molar-refractivity contribution in [3.63, 3.8) is 0 Å². The summed E-state index contributed by atoms with van der Waals surface area (Å²) in [5.41, 5.74) is -0.961. The zero-order valence-electron chi connectivity index (χ0n) is 20.2. The molecule has 7 atom stereocenters. The standard InChI is InChI=1S/C18H33N2O8PS/c1-5-7-10-8-12(20(3)9-10)17(23)19-11(6-2)15-13(21)14(22)16(18(27-15)30-4)28-29(24,25)26/h6,10,12-16,18,21-22H,5,7-9H2,1-4H3,(H,19,23)(H2,24,25,26)/b11-6+/t10-,12+,13-,14+,15-,16-,18-/m1/s1/i3D3. The Hall–Kier alpha value is -0.490. The fourth-order valence-electron chi connectivity index (χ4n) is 3.88. The van der Waals surface area contributed by atoms with Crippen LogP contribution in [0.4, 0.5) is 0 Å². The molecule has 5 N–H and O–H groups in total. The number of carbonyl (C=O) groups excluding carboxylic acids is 1. The Labute approximate surface area is 185 Å². The van der Waals surface area contributed by atoms with E-state index in [1.807, 2.05) is 6.92 Å². The lowest BCUT2D eigenvalue weighted by molar-refractivity contribution is -0.184. The SMILES string of the molecule is [2H]C([2H])([2H])N1C[C@H](CCC)C[C@H]1C(=O)N/C(=C/C)[C@H]1O[C@H](SC)[C@H](OP(=O)(O)O)[C@@H](O)[C@H]1O. The molecule has 2 fully saturated rings. The first kappa shape index (κ1) is 21.4. The minimum Gasteiger partial charge on any atom is -0.387 e. The summed E-state index contributed by atoms with van der Waals surface area (Å²) in [5, 5.41) is 23.7. The average Bonchev–Trinajstić information content (AvgIpc) is 3.14. The third-order valence-corrected chi connectivity index (χ3v) is 6.67. The molecule has 174 valence electrons. The van der Waals surface area contributed by atoms with Crippen LogP contribution in [-0.4, -0.2) is 86.5 Å². The number of likely N-dealkylation sites (N-methyl/N-ethyl adjacent to an activating group) is 1. The van der Waals surface area contributed by atoms with Crippen molar-refractivity contribution in [3.8, 4) is 0 Å². The van der Waals surface area contributed by atoms with Crippen LogP contribution >= 0.6 is 19.6 Å². The van der Waals surface area contributed by atoms with E-state index in [0.717, 1.165) is 24.6 Å². The van der Waals surface area contributed by atoms with Crippen LogP contribution in [0.5, 0.6) is 0 Å². The third kappa shape index (κ3) is 6.27. The molecule has 10 nitrogen and oxygen atoms in total. The van der Waals surface area contributed by atoms with Crippen molar-refractivity contribution in [2.45, 2.75) is 69.0 Å². The average molecular weight is 472 g/mol. The number of allylic oxidation sites excluding steroid dienone is 1. The number of phosphoric ester groups is 1. The highest BCUT2D eigenvalue weighted by Gasteiger charge is 2.49. The number of hydrogen-bond acceptors (Lipinski definition) is 8. The molecule has 0 saturated carbocycles. The van der Waals surface area contributed by atoms with Crippen LogP contribution in [0.15, 0.2) is 11.8 Å². The van der Waals surface area contributed by atoms with Crippen molar-refractivity contribution in [3.05, 3.63) is 11.8 Å². The van der Waals surface area contributed by atoms with Gasteiger partial charge in [-0.05, 0) is 38.9 Å². The zero-order valence-corrected chi connectivity index (χ0v) is 18.9. The van der Waals surface area contributed by atoms with Gasteiger partial charge in [-0.2, -0.15) is 0 Å². The van der Waals surface area contributed by atoms with Crippen molar-refractivity contribution in [1.29, 1.82) is 0 Å². The van der Waals surface area contributed by atoms with Gasteiger partial charge in [-0.15, -0.1) is 11.8 Å². The Bertz CT molecular complexity index is 765. The highest BCUT2D eigenvalue weighted by atomic mass is 32.2. The first-order valence-corrected chi connectivity index (χ1v) is 12.6. The van der Waals surface area contributed by atoms with Crippen molar-refractivity contribution >= 4 is 25.5 Å². The van der Waals surface area contributed by atoms with Crippen molar-refractivity contribution in [1.82, 2.24) is 10.2 Å². The fraction of sp³-hybridized carbons (Fsp3) is 0.833. The Balaban J connectivity index is 2.19. The molecule has 30 heavy (non-hydrogen) atoms. The van der Waals surface area contributed by atoms with Gasteiger partial charge < -0.3 is 30.1 Å². The van der Waals surface area contributed by atoms with Crippen molar-refractivity contribution in [2.75, 3.05) is 19.8 Å². The maximum absolute atomic E-state index is 13.1. The van der Waals surface area contributed by atoms with Gasteiger partial charge in [0.25, 0.3) is 0 Å². The number of nitrogens with one attached hydrogen (secondary N) is 1. The van der Waals surface area contributed by atoms with E-state index in [1.165, 1.54) is 11.0 Å². The summed E-state index contributed by atoms with van der Waals surface area (Å²) in [6, 6.07) is -0.906. The molecule has 2 saturated heterocycles. The summed E-state index contributed by atoms with van der Waals surface area (Å²) in [5.74, 6) is -0.512. The molecule has 0 bridgehead atoms. The second-order valence-corrected chi connectivity index (χ2v) is 9.62. The quantitative estimate of drug-likeness (QED) is 0.315. The monoisotopic (exact) mass is 471 g/mol. The Morgan fingerprint density at radius 1 is 1.43 bits per heavy atom. The molecular weight excluding hydrogens is 435 g/mol. The minimum absolute atomic E-state index is 0.0602. The normalized spacial score (nSPS) is 38.0. The van der Waals surface area contributed by atoms with Gasteiger partial charge in [-0.1, -0.05) is 19.4 Å². The first-order chi connectivity index (χ1) is 15.2. The molecule has 2 heterocycles. The summed E-state index contributed by atoms with van der Waals surface area (Å²) in [4.78, 5) is 32.5. The number of amides is 1. The van der Waals surface area contributed by atoms with E-state index in [2.05, 4.69) is 9.84 Å². The number of carbonyl (C=O) groups is 1. The van der Waals surface area contributed by atoms with Crippen LogP contribution in [0, 0.1) is 5.92 Å². The van der Waals surface area contributed by atoms with E-state index >= 15 is 0 Å². The van der Waals surface area contributed by atoms with Gasteiger partial charge >= 0.3 is 7.82 Å². The maximum Gasteiger partial charge on any atom is 0.470 e. The van der Waals surface area contributed by atoms with Gasteiger partial charge in [0.05, 0.1) is 6.04 Å². The van der Waals surface area contributed by atoms with Gasteiger partial charge in [-0.3, -0.25) is 14.2 Å². The number of hydrogen-bond donors (Lipinski definition) is 5. The minimum atomic E-state index is -4.98. The summed E-state index contributed by atoms with van der Waals surface area (Å²) in [6.45, 7) is 1.38. The smallest absolute Gasteiger partial charge is 0.387 e. The van der Waals surface area contributed by atoms with E-state index in [1.54, 1.807) is 13.2 Å². The predicted molar refractivity (Wildman–Crippen MR) is 112 cm³/mol. The fourth-order valence-corrected chi connectivity index (χ4v) is 5.23. The number of phosphoric acid groups is 1. The Morgan fingerprint density at radius 2 is 2.13 bits per heavy atom. The van der Waals surface area contributed by atoms with E-state index in [9.17, 15) is 19.6 Å². The van der Waals surface area contributed by atoms with Gasteiger partial charge in [0.15, 0.2) is 0 Å². The summed E-state index contributed by atoms with van der Waals surface area (Å²) >= 11 is 1.00. The van der Waals surface area contributed by atoms with Gasteiger partial charge in [0.1, 0.15) is 29.9 Å². The number of thioether (sulfide) groups is 1. The molecule has 0 aromatic carbocycles. The number of ether oxygens (including phenoxy) is 1. The van der Waals surface area contributed by atoms with E-state index in [4.69, 9.17) is 18.6 Å². The molecule has 2 aliphatic rings. The molecule has 0 aromatic rings. The molecule has 1 amide bonds. The molecule has 0 unspecified atom stereocenters. The number of rotatable bonds is 8. The second kappa shape index (κ2) is 10.9. The highest BCUT2D eigenvalue weighted by Crippen LogP contribution is 2.43. The van der Waals surface area contributed by atoms with Crippen LogP contribution < -0.4 is 5.32 Å². The molecule has 2 rings (SSSR count). The number of nitrogens with zero attached hydrogens (tertiary/aromatic N) is 1. The van der Waals surface area contributed by atoms with Crippen LogP contribution in [0.3, 0.4) is 0 Å². The maximum atomic E-state index is 13.1. The number of aliphatic hydroxyl groups excluding tert-OH is 2. The van der Waals surface area contributed by atoms with Crippen LogP contribution in [-0.2, 0) is 18.6 Å². The highest BCUT2D eigenvalue weighted by molar-refractivity contribution is 7.99. The largest absolute Gasteiger partial charge is 0.470 e. The first-order valence-electron chi connectivity index (χ1n) is 11.3. The lowest BCUT2D eigenvalue weighted by Gasteiger charge is -2.42. The van der Waals surface area contributed by atoms with Gasteiger partial charge in [0, 0.05) is 16.4 Å². The zero-order chi connectivity index (χ0) is 25.1. The van der Waals surface area contributed by atoms with Crippen molar-refractivity contribution < 1.29 is 42.7 Å². The summed E-state index contributed by atoms with van der Waals surface area (Å²) in [7, 11) is -4.98. The third-order valence-electron chi connectivity index (χ3n) is 5.31. The van der Waals surface area contributed by atoms with E-state index < -0.39 is 56.6 Å². The van der Waals surface area contributed by atoms with Crippen LogP contribution in [0.2, 0.25) is 0 Å². The lowest BCUT2D eigenvalue weighted by atomic mass is 9.96. The summed E-state index contributed by atoms with van der Waals surface area (Å²) in [6.07, 6.45) is -1.10. The molecule has 0 aliphatic carbocycles. The topological polar surface area (TPSA) is 149 Å². The molecule has 0 aromatic heterocycles. The predicted octanol–water partition coefficient (Wildman–Crippen LogP) is 0.414.